The van der Waals surface area contributed by atoms with E-state index in [1.165, 1.54) is 22.5 Å². The first-order valence-electron chi connectivity index (χ1n) is 6.92. The predicted molar refractivity (Wildman–Crippen MR) is 80.2 cm³/mol. The van der Waals surface area contributed by atoms with Crippen LogP contribution in [0.15, 0.2) is 23.1 Å². The minimum Gasteiger partial charge on any atom is -0.478 e. The van der Waals surface area contributed by atoms with Crippen molar-refractivity contribution in [3.8, 4) is 0 Å². The van der Waals surface area contributed by atoms with Crippen molar-refractivity contribution < 1.29 is 18.3 Å². The number of aromatic carboxylic acids is 1. The molecule has 0 atom stereocenters. The van der Waals surface area contributed by atoms with Crippen LogP contribution in [-0.4, -0.2) is 36.4 Å². The Hall–Kier alpha value is -1.11. The third kappa shape index (κ3) is 3.56. The van der Waals surface area contributed by atoms with E-state index in [9.17, 15) is 13.2 Å². The molecule has 1 fully saturated rings. The van der Waals surface area contributed by atoms with Crippen molar-refractivity contribution in [3.05, 3.63) is 28.8 Å². The summed E-state index contributed by atoms with van der Waals surface area (Å²) in [6.07, 6.45) is 3.47. The summed E-state index contributed by atoms with van der Waals surface area (Å²) in [7, 11) is -3.62. The Morgan fingerprint density at radius 3 is 2.57 bits per heavy atom. The van der Waals surface area contributed by atoms with E-state index in [1.54, 1.807) is 0 Å². The fraction of sp³-hybridized carbons (Fsp3) is 0.500. The van der Waals surface area contributed by atoms with Crippen molar-refractivity contribution in [2.75, 3.05) is 6.54 Å². The molecule has 0 heterocycles. The number of halogens is 1. The monoisotopic (exact) mass is 331 g/mol. The minimum absolute atomic E-state index is 0.0560. The van der Waals surface area contributed by atoms with E-state index in [0.717, 1.165) is 25.7 Å². The number of nitrogens with zero attached hydrogens (tertiary/aromatic N) is 1. The molecule has 0 radical (unpaired) electrons. The van der Waals surface area contributed by atoms with Crippen molar-refractivity contribution >= 4 is 27.6 Å². The van der Waals surface area contributed by atoms with Crippen LogP contribution in [0.5, 0.6) is 0 Å². The van der Waals surface area contributed by atoms with Crippen molar-refractivity contribution in [2.45, 2.75) is 43.5 Å². The molecule has 116 valence electrons. The summed E-state index contributed by atoms with van der Waals surface area (Å²) in [4.78, 5) is 11.0. The summed E-state index contributed by atoms with van der Waals surface area (Å²) in [6, 6.07) is 3.84. The van der Waals surface area contributed by atoms with Gasteiger partial charge in [0, 0.05) is 12.6 Å². The van der Waals surface area contributed by atoms with Gasteiger partial charge < -0.3 is 5.11 Å². The van der Waals surface area contributed by atoms with Gasteiger partial charge in [-0.2, -0.15) is 4.31 Å². The molecule has 0 aliphatic heterocycles. The first-order chi connectivity index (χ1) is 9.87. The van der Waals surface area contributed by atoms with Gasteiger partial charge in [-0.15, -0.1) is 0 Å². The molecule has 0 spiro atoms. The van der Waals surface area contributed by atoms with Gasteiger partial charge in [-0.3, -0.25) is 0 Å². The highest BCUT2D eigenvalue weighted by atomic mass is 35.5. The van der Waals surface area contributed by atoms with E-state index in [1.807, 2.05) is 6.92 Å². The molecule has 0 saturated heterocycles. The molecule has 21 heavy (non-hydrogen) atoms. The van der Waals surface area contributed by atoms with Crippen LogP contribution in [0.3, 0.4) is 0 Å². The maximum atomic E-state index is 12.7. The highest BCUT2D eigenvalue weighted by Crippen LogP contribution is 2.33. The zero-order chi connectivity index (χ0) is 15.6. The number of carboxylic acid groups (broad SMARTS) is 1. The van der Waals surface area contributed by atoms with Crippen LogP contribution in [-0.2, 0) is 10.0 Å². The Balaban J connectivity index is 2.33. The van der Waals surface area contributed by atoms with Crippen molar-refractivity contribution in [2.24, 2.45) is 0 Å². The van der Waals surface area contributed by atoms with Gasteiger partial charge in [0.2, 0.25) is 10.0 Å². The Kier molecular flexibility index (Phi) is 4.91. The lowest BCUT2D eigenvalue weighted by Crippen LogP contribution is -2.34. The number of benzene rings is 1. The molecule has 1 aliphatic carbocycles. The molecule has 0 bridgehead atoms. The topological polar surface area (TPSA) is 74.7 Å². The minimum atomic E-state index is -3.62. The third-order valence-corrected chi connectivity index (χ3v) is 5.72. The second-order valence-corrected chi connectivity index (χ2v) is 7.45. The van der Waals surface area contributed by atoms with E-state index in [0.29, 0.717) is 6.54 Å². The molecule has 2 rings (SSSR count). The quantitative estimate of drug-likeness (QED) is 0.833. The number of carbonyl (C=O) groups is 1. The van der Waals surface area contributed by atoms with Gasteiger partial charge in [0.15, 0.2) is 0 Å². The van der Waals surface area contributed by atoms with Gasteiger partial charge >= 0.3 is 5.97 Å². The average molecular weight is 332 g/mol. The van der Waals surface area contributed by atoms with Gasteiger partial charge in [0.05, 0.1) is 15.5 Å². The SMILES string of the molecule is CCCCN(C1CC1)S(=O)(=O)c1ccc(C(=O)O)c(Cl)c1. The largest absolute Gasteiger partial charge is 0.478 e. The van der Waals surface area contributed by atoms with Crippen LogP contribution >= 0.6 is 11.6 Å². The molecule has 1 N–H and O–H groups in total. The lowest BCUT2D eigenvalue weighted by atomic mass is 10.2. The summed E-state index contributed by atoms with van der Waals surface area (Å²) < 4.78 is 26.9. The number of carboxylic acids is 1. The smallest absolute Gasteiger partial charge is 0.337 e. The van der Waals surface area contributed by atoms with Crippen LogP contribution < -0.4 is 0 Å². The summed E-state index contributed by atoms with van der Waals surface area (Å²) >= 11 is 5.87. The highest BCUT2D eigenvalue weighted by Gasteiger charge is 2.37. The van der Waals surface area contributed by atoms with Crippen LogP contribution in [0.4, 0.5) is 0 Å². The molecular formula is C14H18ClNO4S. The lowest BCUT2D eigenvalue weighted by Gasteiger charge is -2.22. The number of unbranched alkanes of at least 4 members (excludes halogenated alkanes) is 1. The highest BCUT2D eigenvalue weighted by molar-refractivity contribution is 7.89. The molecule has 0 amide bonds. The maximum absolute atomic E-state index is 12.7. The maximum Gasteiger partial charge on any atom is 0.337 e. The van der Waals surface area contributed by atoms with Gasteiger partial charge in [0.1, 0.15) is 0 Å². The second kappa shape index (κ2) is 6.34. The first kappa shape index (κ1) is 16.3. The Bertz CT molecular complexity index is 640. The van der Waals surface area contributed by atoms with Crippen LogP contribution in [0, 0.1) is 0 Å². The first-order valence-corrected chi connectivity index (χ1v) is 8.74. The van der Waals surface area contributed by atoms with Crippen molar-refractivity contribution in [1.29, 1.82) is 0 Å². The third-order valence-electron chi connectivity index (χ3n) is 3.46. The number of rotatable bonds is 7. The predicted octanol–water partition coefficient (Wildman–Crippen LogP) is 2.99. The van der Waals surface area contributed by atoms with Crippen LogP contribution in [0.1, 0.15) is 43.0 Å². The van der Waals surface area contributed by atoms with Crippen LogP contribution in [0.25, 0.3) is 0 Å². The average Bonchev–Trinajstić information content (AvgIpc) is 3.23. The van der Waals surface area contributed by atoms with E-state index in [2.05, 4.69) is 0 Å². The molecule has 1 aliphatic rings. The van der Waals surface area contributed by atoms with Crippen LogP contribution in [0.2, 0.25) is 5.02 Å². The fourth-order valence-electron chi connectivity index (χ4n) is 2.14. The molecular weight excluding hydrogens is 314 g/mol. The van der Waals surface area contributed by atoms with Crippen molar-refractivity contribution in [3.63, 3.8) is 0 Å². The number of hydrogen-bond acceptors (Lipinski definition) is 3. The van der Waals surface area contributed by atoms with Gasteiger partial charge in [-0.05, 0) is 37.5 Å². The Morgan fingerprint density at radius 1 is 1.43 bits per heavy atom. The molecule has 1 aromatic rings. The summed E-state index contributed by atoms with van der Waals surface area (Å²) in [5.74, 6) is -1.17. The Morgan fingerprint density at radius 2 is 2.10 bits per heavy atom. The lowest BCUT2D eigenvalue weighted by molar-refractivity contribution is 0.0697. The van der Waals surface area contributed by atoms with E-state index in [-0.39, 0.29) is 21.5 Å². The molecule has 0 aromatic heterocycles. The zero-order valence-corrected chi connectivity index (χ0v) is 13.3. The summed E-state index contributed by atoms with van der Waals surface area (Å²) in [5, 5.41) is 8.88. The second-order valence-electron chi connectivity index (χ2n) is 5.15. The zero-order valence-electron chi connectivity index (χ0n) is 11.8. The van der Waals surface area contributed by atoms with Gasteiger partial charge in [-0.25, -0.2) is 13.2 Å². The van der Waals surface area contributed by atoms with E-state index in [4.69, 9.17) is 16.7 Å². The molecule has 0 unspecified atom stereocenters. The molecule has 7 heteroatoms. The van der Waals surface area contributed by atoms with E-state index < -0.39 is 16.0 Å². The van der Waals surface area contributed by atoms with E-state index >= 15 is 0 Å². The van der Waals surface area contributed by atoms with Gasteiger partial charge in [-0.1, -0.05) is 24.9 Å². The summed E-state index contributed by atoms with van der Waals surface area (Å²) in [6.45, 7) is 2.50. The standard InChI is InChI=1S/C14H18ClNO4S/c1-2-3-8-16(10-4-5-10)21(19,20)11-6-7-12(14(17)18)13(15)9-11/h6-7,9-10H,2-5,8H2,1H3,(H,17,18). The Labute approximate surface area is 129 Å². The normalized spacial score (nSPS) is 15.4. The molecule has 1 aromatic carbocycles. The fourth-order valence-corrected chi connectivity index (χ4v) is 4.22. The van der Waals surface area contributed by atoms with Crippen molar-refractivity contribution in [1.82, 2.24) is 4.31 Å². The number of sulfonamides is 1. The van der Waals surface area contributed by atoms with Gasteiger partial charge in [0.25, 0.3) is 0 Å². The molecule has 1 saturated carbocycles. The summed E-state index contributed by atoms with van der Waals surface area (Å²) in [5.41, 5.74) is -0.0952. The molecule has 5 nitrogen and oxygen atoms in total. The number of hydrogen-bond donors (Lipinski definition) is 1.